The highest BCUT2D eigenvalue weighted by molar-refractivity contribution is 9.10. The van der Waals surface area contributed by atoms with Gasteiger partial charge in [-0.15, -0.1) is 0 Å². The first-order chi connectivity index (χ1) is 25.9. The van der Waals surface area contributed by atoms with Gasteiger partial charge in [0.2, 0.25) is 0 Å². The van der Waals surface area contributed by atoms with Crippen LogP contribution in [0.25, 0.3) is 11.4 Å². The molecule has 0 bridgehead atoms. The molecule has 2 aromatic heterocycles. The Morgan fingerprint density at radius 1 is 0.528 bits per heavy atom. The van der Waals surface area contributed by atoms with Crippen molar-refractivity contribution in [3.63, 3.8) is 0 Å². The predicted octanol–water partition coefficient (Wildman–Crippen LogP) is 14.4. The average Bonchev–Trinajstić information content (AvgIpc) is 3.85. The highest BCUT2D eigenvalue weighted by Gasteiger charge is 2.32. The molecule has 0 aromatic carbocycles. The van der Waals surface area contributed by atoms with Crippen molar-refractivity contribution in [1.82, 2.24) is 9.80 Å². The van der Waals surface area contributed by atoms with Crippen LogP contribution in [0, 0.1) is 11.8 Å². The van der Waals surface area contributed by atoms with Crippen LogP contribution in [0.15, 0.2) is 56.2 Å². The lowest BCUT2D eigenvalue weighted by molar-refractivity contribution is -0.125. The molecule has 0 saturated carbocycles. The Hall–Kier alpha value is -2.54. The first-order valence-electron chi connectivity index (χ1n) is 21.8. The summed E-state index contributed by atoms with van der Waals surface area (Å²) in [5.41, 5.74) is 1.10. The molecule has 1 aliphatic heterocycles. The highest BCUT2D eigenvalue weighted by Crippen LogP contribution is 2.33. The van der Waals surface area contributed by atoms with E-state index in [9.17, 15) is 9.59 Å². The van der Waals surface area contributed by atoms with E-state index in [1.165, 1.54) is 103 Å². The maximum atomic E-state index is 14.7. The summed E-state index contributed by atoms with van der Waals surface area (Å²) in [7, 11) is 0. The van der Waals surface area contributed by atoms with E-state index >= 15 is 0 Å². The average molecular weight is 798 g/mol. The molecule has 2 atom stereocenters. The largest absolute Gasteiger partial charge is 0.463 e. The molecule has 7 heteroatoms. The summed E-state index contributed by atoms with van der Waals surface area (Å²) in [6, 6.07) is 7.42. The first kappa shape index (κ1) is 44.9. The Balaban J connectivity index is 1.96. The van der Waals surface area contributed by atoms with E-state index < -0.39 is 0 Å². The number of rotatable bonds is 30. The molecule has 298 valence electrons. The van der Waals surface area contributed by atoms with Gasteiger partial charge < -0.3 is 18.6 Å². The zero-order valence-corrected chi connectivity index (χ0v) is 35.6. The molecule has 2 amide bonds. The van der Waals surface area contributed by atoms with Crippen LogP contribution in [0.1, 0.15) is 193 Å². The second-order valence-corrected chi connectivity index (χ2v) is 16.4. The van der Waals surface area contributed by atoms with Crippen LogP contribution in [0.3, 0.4) is 0 Å². The summed E-state index contributed by atoms with van der Waals surface area (Å²) >= 11 is 3.49. The van der Waals surface area contributed by atoms with Gasteiger partial charge in [-0.3, -0.25) is 9.59 Å². The van der Waals surface area contributed by atoms with Crippen LogP contribution in [0.2, 0.25) is 0 Å². The minimum Gasteiger partial charge on any atom is -0.463 e. The number of hydrogen-bond donors (Lipinski definition) is 0. The number of carbonyl (C=O) groups is 2. The van der Waals surface area contributed by atoms with Crippen LogP contribution >= 0.6 is 15.9 Å². The summed E-state index contributed by atoms with van der Waals surface area (Å²) in [6.07, 6.45) is 33.8. The Bertz CT molecular complexity index is 1330. The van der Waals surface area contributed by atoms with E-state index in [1.807, 2.05) is 34.1 Å². The van der Waals surface area contributed by atoms with Crippen LogP contribution in [0.4, 0.5) is 0 Å². The van der Waals surface area contributed by atoms with Gasteiger partial charge in [-0.05, 0) is 77.7 Å². The fourth-order valence-corrected chi connectivity index (χ4v) is 8.07. The molecule has 6 nitrogen and oxygen atoms in total. The number of furan rings is 2. The van der Waals surface area contributed by atoms with Gasteiger partial charge in [0.15, 0.2) is 16.2 Å². The topological polar surface area (TPSA) is 66.9 Å². The molecule has 0 N–H and O–H groups in total. The SMILES string of the molecule is CCCCCCCCC(CCCCCC)CN1C(=O)C=C(c2ccc(Br)o2)N(CC(CCCCCC)CCCCCCCC)C(=O)C=C1c1ccco1. The van der Waals surface area contributed by atoms with Gasteiger partial charge in [-0.2, -0.15) is 0 Å². The molecule has 2 unspecified atom stereocenters. The van der Waals surface area contributed by atoms with Crippen molar-refractivity contribution in [3.05, 3.63) is 58.9 Å². The Morgan fingerprint density at radius 3 is 1.30 bits per heavy atom. The maximum absolute atomic E-state index is 14.7. The number of hydrogen-bond acceptors (Lipinski definition) is 4. The molecule has 1 aliphatic rings. The summed E-state index contributed by atoms with van der Waals surface area (Å²) < 4.78 is 12.6. The van der Waals surface area contributed by atoms with Crippen molar-refractivity contribution >= 4 is 39.1 Å². The molecule has 0 radical (unpaired) electrons. The van der Waals surface area contributed by atoms with E-state index in [2.05, 4.69) is 43.6 Å². The minimum atomic E-state index is -0.135. The van der Waals surface area contributed by atoms with Gasteiger partial charge >= 0.3 is 0 Å². The van der Waals surface area contributed by atoms with Gasteiger partial charge in [-0.25, -0.2) is 0 Å². The summed E-state index contributed by atoms with van der Waals surface area (Å²) in [5, 5.41) is 0. The van der Waals surface area contributed by atoms with Crippen molar-refractivity contribution in [2.75, 3.05) is 13.1 Å². The Labute approximate surface area is 331 Å². The number of nitrogens with zero attached hydrogens (tertiary/aromatic N) is 2. The molecule has 0 fully saturated rings. The van der Waals surface area contributed by atoms with Crippen molar-refractivity contribution in [1.29, 1.82) is 0 Å². The van der Waals surface area contributed by atoms with Crippen molar-refractivity contribution < 1.29 is 18.4 Å². The molecule has 0 aliphatic carbocycles. The molecule has 3 heterocycles. The molecule has 2 aromatic rings. The molecule has 3 rings (SSSR count). The zero-order valence-electron chi connectivity index (χ0n) is 34.0. The second-order valence-electron chi connectivity index (χ2n) is 15.6. The monoisotopic (exact) mass is 796 g/mol. The molecule has 0 saturated heterocycles. The van der Waals surface area contributed by atoms with Gasteiger partial charge in [-0.1, -0.05) is 156 Å². The van der Waals surface area contributed by atoms with Crippen LogP contribution in [-0.4, -0.2) is 34.7 Å². The Morgan fingerprint density at radius 2 is 0.925 bits per heavy atom. The number of amides is 2. The van der Waals surface area contributed by atoms with Crippen molar-refractivity contribution in [3.8, 4) is 0 Å². The lowest BCUT2D eigenvalue weighted by Crippen LogP contribution is -2.39. The first-order valence-corrected chi connectivity index (χ1v) is 22.6. The second kappa shape index (κ2) is 27.1. The molecule has 53 heavy (non-hydrogen) atoms. The zero-order chi connectivity index (χ0) is 38.1. The maximum Gasteiger partial charge on any atom is 0.253 e. The standard InChI is InChI=1S/C46H73BrN2O4/c1-5-9-13-17-19-23-28-38(26-21-15-11-7-3)36-48-40(42-30-25-33-52-42)34-45(50)49(41(35-46(48)51)43-31-32-44(47)53-43)37-39(27-22-16-12-8-4)29-24-20-18-14-10-6-2/h25,30-35,38-39H,5-24,26-29,36-37H2,1-4H3. The lowest BCUT2D eigenvalue weighted by Gasteiger charge is -2.33. The van der Waals surface area contributed by atoms with Gasteiger partial charge in [0.05, 0.1) is 17.7 Å². The number of unbranched alkanes of at least 4 members (excludes halogenated alkanes) is 16. The molecular weight excluding hydrogens is 724 g/mol. The van der Waals surface area contributed by atoms with Crippen molar-refractivity contribution in [2.45, 2.75) is 182 Å². The minimum absolute atomic E-state index is 0.135. The smallest absolute Gasteiger partial charge is 0.253 e. The lowest BCUT2D eigenvalue weighted by atomic mass is 9.92. The molecular formula is C46H73BrN2O4. The van der Waals surface area contributed by atoms with Crippen LogP contribution in [0.5, 0.6) is 0 Å². The summed E-state index contributed by atoms with van der Waals surface area (Å²) in [6.45, 7) is 10.1. The fraction of sp³-hybridized carbons (Fsp3) is 0.696. The quantitative estimate of drug-likeness (QED) is 0.0739. The van der Waals surface area contributed by atoms with Gasteiger partial charge in [0.25, 0.3) is 11.8 Å². The van der Waals surface area contributed by atoms with E-state index in [4.69, 9.17) is 8.83 Å². The van der Waals surface area contributed by atoms with Gasteiger partial charge in [0.1, 0.15) is 0 Å². The normalized spacial score (nSPS) is 15.0. The van der Waals surface area contributed by atoms with Gasteiger partial charge in [0, 0.05) is 25.2 Å². The highest BCUT2D eigenvalue weighted by atomic mass is 79.9. The van der Waals surface area contributed by atoms with E-state index in [0.29, 0.717) is 52.5 Å². The van der Waals surface area contributed by atoms with E-state index in [1.54, 1.807) is 18.4 Å². The summed E-state index contributed by atoms with van der Waals surface area (Å²) in [4.78, 5) is 33.0. The predicted molar refractivity (Wildman–Crippen MR) is 225 cm³/mol. The molecule has 0 spiro atoms. The van der Waals surface area contributed by atoms with E-state index in [0.717, 1.165) is 51.4 Å². The third-order valence-corrected chi connectivity index (χ3v) is 11.4. The Kier molecular flexibility index (Phi) is 22.9. The van der Waals surface area contributed by atoms with E-state index in [-0.39, 0.29) is 11.8 Å². The van der Waals surface area contributed by atoms with Crippen LogP contribution in [-0.2, 0) is 9.59 Å². The number of carbonyl (C=O) groups excluding carboxylic acids is 2. The third kappa shape index (κ3) is 16.8. The summed E-state index contributed by atoms with van der Waals surface area (Å²) in [5.74, 6) is 1.48. The fourth-order valence-electron chi connectivity index (χ4n) is 7.76. The van der Waals surface area contributed by atoms with Crippen molar-refractivity contribution in [2.24, 2.45) is 11.8 Å². The number of halogens is 1. The third-order valence-electron chi connectivity index (χ3n) is 11.0. The van der Waals surface area contributed by atoms with Crippen LogP contribution < -0.4 is 0 Å².